The van der Waals surface area contributed by atoms with Crippen molar-refractivity contribution < 1.29 is 28.8 Å². The first kappa shape index (κ1) is 44.6. The topological polar surface area (TPSA) is 163 Å². The van der Waals surface area contributed by atoms with Crippen molar-refractivity contribution in [2.24, 2.45) is 17.8 Å². The molecule has 0 heterocycles. The molecule has 55 heavy (non-hydrogen) atoms. The highest BCUT2D eigenvalue weighted by molar-refractivity contribution is 6.38. The normalized spacial score (nSPS) is 15.8. The summed E-state index contributed by atoms with van der Waals surface area (Å²) in [4.78, 5) is 81.0. The molecule has 5 unspecified atom stereocenters. The van der Waals surface area contributed by atoms with E-state index in [0.29, 0.717) is 19.3 Å². The number of hydrogen-bond donors (Lipinski definition) is 5. The first-order valence-electron chi connectivity index (χ1n) is 20.1. The van der Waals surface area contributed by atoms with E-state index < -0.39 is 53.6 Å². The average Bonchev–Trinajstić information content (AvgIpc) is 3.19. The van der Waals surface area contributed by atoms with Crippen molar-refractivity contribution in [3.8, 4) is 0 Å². The van der Waals surface area contributed by atoms with Gasteiger partial charge in [0.25, 0.3) is 5.91 Å². The van der Waals surface area contributed by atoms with Gasteiger partial charge in [0.15, 0.2) is 0 Å². The van der Waals surface area contributed by atoms with Gasteiger partial charge >= 0.3 is 0 Å². The van der Waals surface area contributed by atoms with Crippen LogP contribution in [0, 0.1) is 17.8 Å². The van der Waals surface area contributed by atoms with Gasteiger partial charge in [-0.3, -0.25) is 28.8 Å². The number of carbonyl (C=O) groups is 6. The summed E-state index contributed by atoms with van der Waals surface area (Å²) in [6, 6.07) is 15.6. The number of Topliss-reactive ketones (excluding diaryl/α,β-unsaturated/α-hetero) is 1. The summed E-state index contributed by atoms with van der Waals surface area (Å²) in [6.45, 7) is 13.1. The minimum Gasteiger partial charge on any atom is -0.346 e. The molecule has 5 amide bonds. The zero-order valence-corrected chi connectivity index (χ0v) is 33.4. The van der Waals surface area contributed by atoms with E-state index in [-0.39, 0.29) is 49.0 Å². The Kier molecular flexibility index (Phi) is 18.8. The van der Waals surface area contributed by atoms with Crippen LogP contribution in [0.2, 0.25) is 0 Å². The van der Waals surface area contributed by atoms with Gasteiger partial charge in [-0.1, -0.05) is 140 Å². The summed E-state index contributed by atoms with van der Waals surface area (Å²) in [6.07, 6.45) is 8.03. The predicted molar refractivity (Wildman–Crippen MR) is 216 cm³/mol. The molecule has 5 N–H and O–H groups in total. The van der Waals surface area contributed by atoms with Crippen molar-refractivity contribution in [2.45, 2.75) is 129 Å². The van der Waals surface area contributed by atoms with Gasteiger partial charge < -0.3 is 26.6 Å². The summed E-state index contributed by atoms with van der Waals surface area (Å²) >= 11 is 0. The Bertz CT molecular complexity index is 1520. The smallest absolute Gasteiger partial charge is 0.289 e. The van der Waals surface area contributed by atoms with Crippen molar-refractivity contribution in [2.75, 3.05) is 6.54 Å². The molecule has 300 valence electrons. The fraction of sp³-hybridized carbons (Fsp3) is 0.545. The first-order valence-corrected chi connectivity index (χ1v) is 20.1. The highest BCUT2D eigenvalue weighted by Gasteiger charge is 2.35. The number of hydrogen-bond acceptors (Lipinski definition) is 6. The summed E-state index contributed by atoms with van der Waals surface area (Å²) in [5.41, 5.74) is 1.97. The quantitative estimate of drug-likeness (QED) is 0.0789. The number of benzene rings is 2. The van der Waals surface area contributed by atoms with Crippen LogP contribution in [-0.4, -0.2) is 66.0 Å². The van der Waals surface area contributed by atoms with Crippen molar-refractivity contribution in [1.82, 2.24) is 26.6 Å². The van der Waals surface area contributed by atoms with Crippen LogP contribution in [-0.2, 0) is 28.8 Å². The maximum atomic E-state index is 14.1. The van der Waals surface area contributed by atoms with Crippen LogP contribution in [0.4, 0.5) is 0 Å². The van der Waals surface area contributed by atoms with Gasteiger partial charge in [0.05, 0.1) is 6.04 Å². The van der Waals surface area contributed by atoms with Crippen molar-refractivity contribution in [3.05, 3.63) is 84.4 Å². The Morgan fingerprint density at radius 3 is 1.80 bits per heavy atom. The zero-order chi connectivity index (χ0) is 40.3. The lowest BCUT2D eigenvalue weighted by Crippen LogP contribution is -2.60. The lowest BCUT2D eigenvalue weighted by atomic mass is 9.84. The highest BCUT2D eigenvalue weighted by Crippen LogP contribution is 2.29. The van der Waals surface area contributed by atoms with E-state index >= 15 is 0 Å². The second-order valence-electron chi connectivity index (χ2n) is 15.3. The minimum absolute atomic E-state index is 0.0580. The Hall–Kier alpha value is -4.80. The summed E-state index contributed by atoms with van der Waals surface area (Å²) in [5.74, 6) is -3.72. The Balaban J connectivity index is 1.81. The van der Waals surface area contributed by atoms with Crippen molar-refractivity contribution >= 4 is 35.3 Å². The molecule has 2 aromatic rings. The van der Waals surface area contributed by atoms with Gasteiger partial charge in [-0.2, -0.15) is 0 Å². The summed E-state index contributed by atoms with van der Waals surface area (Å²) in [5, 5.41) is 14.0. The van der Waals surface area contributed by atoms with Crippen LogP contribution in [0.3, 0.4) is 0 Å². The largest absolute Gasteiger partial charge is 0.346 e. The number of rotatable bonds is 22. The van der Waals surface area contributed by atoms with Crippen LogP contribution in [0.1, 0.15) is 116 Å². The van der Waals surface area contributed by atoms with Crippen LogP contribution in [0.5, 0.6) is 0 Å². The van der Waals surface area contributed by atoms with Crippen LogP contribution in [0.25, 0.3) is 0 Å². The van der Waals surface area contributed by atoms with E-state index in [4.69, 9.17) is 0 Å². The van der Waals surface area contributed by atoms with Gasteiger partial charge in [-0.15, -0.1) is 6.58 Å². The van der Waals surface area contributed by atoms with Gasteiger partial charge in [0.1, 0.15) is 18.1 Å². The second-order valence-corrected chi connectivity index (χ2v) is 15.3. The third-order valence-corrected chi connectivity index (χ3v) is 10.5. The number of amides is 5. The van der Waals surface area contributed by atoms with E-state index in [0.717, 1.165) is 43.2 Å². The van der Waals surface area contributed by atoms with Crippen molar-refractivity contribution in [3.63, 3.8) is 0 Å². The van der Waals surface area contributed by atoms with E-state index in [1.165, 1.54) is 6.08 Å². The summed E-state index contributed by atoms with van der Waals surface area (Å²) < 4.78 is 0. The molecule has 11 nitrogen and oxygen atoms in total. The average molecular weight is 758 g/mol. The molecule has 0 spiro atoms. The van der Waals surface area contributed by atoms with Crippen LogP contribution in [0.15, 0.2) is 73.3 Å². The molecule has 0 bridgehead atoms. The van der Waals surface area contributed by atoms with E-state index in [2.05, 4.69) is 33.2 Å². The lowest BCUT2D eigenvalue weighted by molar-refractivity contribution is -0.140. The molecule has 1 aliphatic carbocycles. The van der Waals surface area contributed by atoms with E-state index in [9.17, 15) is 28.8 Å². The maximum absolute atomic E-state index is 14.1. The fourth-order valence-electron chi connectivity index (χ4n) is 7.18. The minimum atomic E-state index is -1.07. The third-order valence-electron chi connectivity index (χ3n) is 10.5. The van der Waals surface area contributed by atoms with Crippen molar-refractivity contribution in [1.29, 1.82) is 0 Å². The first-order chi connectivity index (χ1) is 26.4. The zero-order valence-electron chi connectivity index (χ0n) is 33.4. The van der Waals surface area contributed by atoms with Gasteiger partial charge in [-0.05, 0) is 48.1 Å². The summed E-state index contributed by atoms with van der Waals surface area (Å²) in [7, 11) is 0. The standard InChI is InChI=1S/C44H63N5O6/c1-7-25-45-44(55)40(51)35(9-3)47-41(52)37(27-31-19-13-10-14-20-31)48-43(54)39(30(6)8-2)49-42(53)36(26-29(4)5)46-38(50)28-34(32-21-15-11-16-22-32)33-23-17-12-18-24-33/h7,11-12,15-18,21-24,29-31,34-37,39H,1,8-10,13-14,19-20,25-28H2,2-6H3,(H,45,55)(H,46,50)(H,47,52)(H,48,54)(H,49,53). The molecular formula is C44H63N5O6. The molecule has 1 fully saturated rings. The highest BCUT2D eigenvalue weighted by atomic mass is 16.2. The molecule has 11 heteroatoms. The second kappa shape index (κ2) is 23.2. The molecular weight excluding hydrogens is 695 g/mol. The fourth-order valence-corrected chi connectivity index (χ4v) is 7.18. The molecule has 2 aromatic carbocycles. The Morgan fingerprint density at radius 2 is 1.27 bits per heavy atom. The lowest BCUT2D eigenvalue weighted by Gasteiger charge is -2.31. The SMILES string of the molecule is C=CCNC(=O)C(=O)C(CC)NC(=O)C(CC1CCCCC1)NC(=O)C(NC(=O)C(CC(C)C)NC(=O)CC(c1ccccc1)c1ccccc1)C(C)CC. The number of carbonyl (C=O) groups excluding carboxylic acids is 6. The monoisotopic (exact) mass is 757 g/mol. The number of nitrogens with one attached hydrogen (secondary N) is 5. The molecule has 0 saturated heterocycles. The Labute approximate surface area is 327 Å². The molecule has 0 radical (unpaired) electrons. The molecule has 0 aliphatic heterocycles. The Morgan fingerprint density at radius 1 is 0.709 bits per heavy atom. The predicted octanol–water partition coefficient (Wildman–Crippen LogP) is 5.49. The van der Waals surface area contributed by atoms with Crippen LogP contribution < -0.4 is 26.6 Å². The van der Waals surface area contributed by atoms with Gasteiger partial charge in [0, 0.05) is 18.9 Å². The third kappa shape index (κ3) is 14.4. The van der Waals surface area contributed by atoms with Gasteiger partial charge in [-0.25, -0.2) is 0 Å². The number of ketones is 1. The molecule has 0 aromatic heterocycles. The van der Waals surface area contributed by atoms with E-state index in [1.54, 1.807) is 6.92 Å². The molecule has 1 aliphatic rings. The van der Waals surface area contributed by atoms with Crippen LogP contribution >= 0.6 is 0 Å². The van der Waals surface area contributed by atoms with Gasteiger partial charge in [0.2, 0.25) is 29.4 Å². The molecule has 1 saturated carbocycles. The molecule has 5 atom stereocenters. The van der Waals surface area contributed by atoms with E-state index in [1.807, 2.05) is 88.4 Å². The maximum Gasteiger partial charge on any atom is 0.289 e. The molecule has 3 rings (SSSR count).